The molecule has 0 fully saturated rings. The van der Waals surface area contributed by atoms with Crippen LogP contribution in [0.1, 0.15) is 12.5 Å². The van der Waals surface area contributed by atoms with Crippen LogP contribution in [0.2, 0.25) is 0 Å². The third kappa shape index (κ3) is 3.95. The van der Waals surface area contributed by atoms with Crippen LogP contribution in [-0.4, -0.2) is 25.4 Å². The summed E-state index contributed by atoms with van der Waals surface area (Å²) in [6.45, 7) is 0.794. The Kier molecular flexibility index (Phi) is 4.87. The van der Waals surface area contributed by atoms with Gasteiger partial charge in [0, 0.05) is 0 Å². The summed E-state index contributed by atoms with van der Waals surface area (Å²) in [5.74, 6) is 4.15. The third-order valence-electron chi connectivity index (χ3n) is 2.18. The summed E-state index contributed by atoms with van der Waals surface area (Å²) >= 11 is 0. The minimum absolute atomic E-state index is 0.0597. The lowest BCUT2D eigenvalue weighted by Crippen LogP contribution is -2.24. The molecule has 2 N–H and O–H groups in total. The highest BCUT2D eigenvalue weighted by Crippen LogP contribution is 2.18. The Morgan fingerprint density at radius 1 is 1.53 bits per heavy atom. The van der Waals surface area contributed by atoms with Crippen molar-refractivity contribution in [1.29, 1.82) is 5.26 Å². The van der Waals surface area contributed by atoms with Crippen molar-refractivity contribution in [3.05, 3.63) is 29.6 Å². The van der Waals surface area contributed by atoms with Gasteiger partial charge in [0.05, 0.1) is 17.3 Å². The van der Waals surface area contributed by atoms with Crippen LogP contribution in [0.25, 0.3) is 0 Å². The van der Waals surface area contributed by atoms with Gasteiger partial charge in [-0.3, -0.25) is 4.72 Å². The van der Waals surface area contributed by atoms with Gasteiger partial charge >= 0.3 is 0 Å². The Balaban J connectivity index is 3.19. The molecule has 7 heteroatoms. The van der Waals surface area contributed by atoms with Gasteiger partial charge < -0.3 is 5.11 Å². The monoisotopic (exact) mass is 282 g/mol. The summed E-state index contributed by atoms with van der Waals surface area (Å²) in [6, 6.07) is 4.91. The average Bonchev–Trinajstić information content (AvgIpc) is 2.37. The Morgan fingerprint density at radius 2 is 2.21 bits per heavy atom. The zero-order chi connectivity index (χ0) is 14.5. The molecule has 0 saturated heterocycles. The molecule has 1 atom stereocenters. The number of sulfonamides is 1. The maximum atomic E-state index is 13.1. The summed E-state index contributed by atoms with van der Waals surface area (Å²) in [5.41, 5.74) is 0.146. The zero-order valence-electron chi connectivity index (χ0n) is 10.0. The van der Waals surface area contributed by atoms with Crippen LogP contribution in [0.3, 0.4) is 0 Å². The number of benzene rings is 1. The van der Waals surface area contributed by atoms with E-state index in [2.05, 4.69) is 16.6 Å². The van der Waals surface area contributed by atoms with Crippen molar-refractivity contribution in [3.8, 4) is 17.9 Å². The van der Waals surface area contributed by atoms with Gasteiger partial charge in [0.2, 0.25) is 10.0 Å². The Labute approximate surface area is 110 Å². The van der Waals surface area contributed by atoms with E-state index in [4.69, 9.17) is 10.4 Å². The molecule has 0 aliphatic rings. The second-order valence-electron chi connectivity index (χ2n) is 3.57. The van der Waals surface area contributed by atoms with Crippen LogP contribution >= 0.6 is 0 Å². The van der Waals surface area contributed by atoms with E-state index >= 15 is 0 Å². The van der Waals surface area contributed by atoms with Crippen molar-refractivity contribution in [3.63, 3.8) is 0 Å². The molecule has 5 nitrogen and oxygen atoms in total. The summed E-state index contributed by atoms with van der Waals surface area (Å²) in [4.78, 5) is 0. The quantitative estimate of drug-likeness (QED) is 0.803. The number of rotatable bonds is 3. The van der Waals surface area contributed by atoms with E-state index in [1.54, 1.807) is 6.07 Å². The molecule has 0 spiro atoms. The first kappa shape index (κ1) is 15.0. The number of hydrogen-bond donors (Lipinski definition) is 2. The van der Waals surface area contributed by atoms with Crippen LogP contribution < -0.4 is 4.72 Å². The predicted octanol–water partition coefficient (Wildman–Crippen LogP) is 0.823. The van der Waals surface area contributed by atoms with E-state index in [1.807, 2.05) is 0 Å². The maximum absolute atomic E-state index is 13.1. The van der Waals surface area contributed by atoms with Gasteiger partial charge in [0.15, 0.2) is 5.25 Å². The number of nitrogens with zero attached hydrogens (tertiary/aromatic N) is 1. The standard InChI is InChI=1S/C12H11FN2O3S/c1-9(8-14)19(17,18)15-12-5-4-11(13)7-10(12)3-2-6-16/h4-5,7,9,15-16H,6H2,1H3. The number of aliphatic hydroxyl groups is 1. The second kappa shape index (κ2) is 6.19. The van der Waals surface area contributed by atoms with Crippen molar-refractivity contribution in [2.24, 2.45) is 0 Å². The lowest BCUT2D eigenvalue weighted by Gasteiger charge is -2.11. The van der Waals surface area contributed by atoms with Gasteiger partial charge in [-0.1, -0.05) is 11.8 Å². The van der Waals surface area contributed by atoms with Gasteiger partial charge in [0.25, 0.3) is 0 Å². The van der Waals surface area contributed by atoms with Crippen molar-refractivity contribution >= 4 is 15.7 Å². The normalized spacial score (nSPS) is 11.9. The van der Waals surface area contributed by atoms with Gasteiger partial charge in [-0.05, 0) is 25.1 Å². The van der Waals surface area contributed by atoms with Crippen molar-refractivity contribution in [2.75, 3.05) is 11.3 Å². The fraction of sp³-hybridized carbons (Fsp3) is 0.250. The maximum Gasteiger partial charge on any atom is 0.248 e. The molecule has 0 radical (unpaired) electrons. The zero-order valence-corrected chi connectivity index (χ0v) is 10.8. The number of nitriles is 1. The fourth-order valence-electron chi connectivity index (χ4n) is 1.15. The molecule has 0 aromatic heterocycles. The topological polar surface area (TPSA) is 90.2 Å². The molecule has 1 unspecified atom stereocenters. The molecule has 0 amide bonds. The smallest absolute Gasteiger partial charge is 0.248 e. The van der Waals surface area contributed by atoms with Crippen molar-refractivity contribution in [1.82, 2.24) is 0 Å². The minimum atomic E-state index is -3.89. The van der Waals surface area contributed by atoms with Gasteiger partial charge in [0.1, 0.15) is 12.4 Å². The fourth-order valence-corrected chi connectivity index (χ4v) is 1.95. The lowest BCUT2D eigenvalue weighted by atomic mass is 10.2. The molecule has 0 saturated carbocycles. The van der Waals surface area contributed by atoms with Gasteiger partial charge in [-0.15, -0.1) is 0 Å². The van der Waals surface area contributed by atoms with E-state index in [0.29, 0.717) is 0 Å². The van der Waals surface area contributed by atoms with Crippen LogP contribution in [0.5, 0.6) is 0 Å². The van der Waals surface area contributed by atoms with Crippen LogP contribution in [-0.2, 0) is 10.0 Å². The highest BCUT2D eigenvalue weighted by Gasteiger charge is 2.21. The molecule has 0 bridgehead atoms. The van der Waals surface area contributed by atoms with Crippen molar-refractivity contribution < 1.29 is 17.9 Å². The molecule has 1 aromatic carbocycles. The number of nitrogens with one attached hydrogen (secondary N) is 1. The largest absolute Gasteiger partial charge is 0.384 e. The first-order valence-electron chi connectivity index (χ1n) is 5.21. The molecule has 1 rings (SSSR count). The van der Waals surface area contributed by atoms with Gasteiger partial charge in [-0.25, -0.2) is 12.8 Å². The lowest BCUT2D eigenvalue weighted by molar-refractivity contribution is 0.350. The molecular weight excluding hydrogens is 271 g/mol. The predicted molar refractivity (Wildman–Crippen MR) is 68.0 cm³/mol. The Bertz CT molecular complexity index is 668. The highest BCUT2D eigenvalue weighted by atomic mass is 32.2. The summed E-state index contributed by atoms with van der Waals surface area (Å²) < 4.78 is 38.7. The number of aliphatic hydroxyl groups excluding tert-OH is 1. The van der Waals surface area contributed by atoms with Crippen LogP contribution in [0, 0.1) is 29.0 Å². The van der Waals surface area contributed by atoms with Crippen LogP contribution in [0.4, 0.5) is 10.1 Å². The van der Waals surface area contributed by atoms with E-state index in [1.165, 1.54) is 13.0 Å². The number of hydrogen-bond acceptors (Lipinski definition) is 4. The van der Waals surface area contributed by atoms with Crippen molar-refractivity contribution in [2.45, 2.75) is 12.2 Å². The summed E-state index contributed by atoms with van der Waals surface area (Å²) in [6.07, 6.45) is 0. The Morgan fingerprint density at radius 3 is 2.79 bits per heavy atom. The molecule has 100 valence electrons. The number of halogens is 1. The molecule has 0 aliphatic heterocycles. The van der Waals surface area contributed by atoms with Gasteiger partial charge in [-0.2, -0.15) is 5.26 Å². The van der Waals surface area contributed by atoms with Crippen LogP contribution in [0.15, 0.2) is 18.2 Å². The first-order valence-corrected chi connectivity index (χ1v) is 6.76. The molecule has 0 aliphatic carbocycles. The van der Waals surface area contributed by atoms with E-state index in [9.17, 15) is 12.8 Å². The summed E-state index contributed by atoms with van der Waals surface area (Å²) in [7, 11) is -3.89. The molecule has 1 aromatic rings. The minimum Gasteiger partial charge on any atom is -0.384 e. The molecule has 0 heterocycles. The SMILES string of the molecule is CC(C#N)S(=O)(=O)Nc1ccc(F)cc1C#CCO. The van der Waals surface area contributed by atoms with E-state index in [0.717, 1.165) is 12.1 Å². The second-order valence-corrected chi connectivity index (χ2v) is 5.57. The third-order valence-corrected chi connectivity index (χ3v) is 3.72. The highest BCUT2D eigenvalue weighted by molar-refractivity contribution is 7.93. The summed E-state index contributed by atoms with van der Waals surface area (Å²) in [5, 5.41) is 16.0. The molecular formula is C12H11FN2O3S. The van der Waals surface area contributed by atoms with E-state index in [-0.39, 0.29) is 11.3 Å². The Hall–Kier alpha value is -2.09. The van der Waals surface area contributed by atoms with E-state index < -0.39 is 27.7 Å². The molecule has 19 heavy (non-hydrogen) atoms. The average molecular weight is 282 g/mol. The number of anilines is 1. The first-order chi connectivity index (χ1) is 8.90.